The van der Waals surface area contributed by atoms with E-state index in [9.17, 15) is 8.78 Å². The Morgan fingerprint density at radius 1 is 1.45 bits per heavy atom. The van der Waals surface area contributed by atoms with E-state index < -0.39 is 5.92 Å². The summed E-state index contributed by atoms with van der Waals surface area (Å²) in [5.74, 6) is -2.95. The van der Waals surface area contributed by atoms with Crippen molar-refractivity contribution in [3.05, 3.63) is 11.4 Å². The lowest BCUT2D eigenvalue weighted by Crippen LogP contribution is -2.10. The lowest BCUT2D eigenvalue weighted by molar-refractivity contribution is 0.00875. The molecule has 0 atom stereocenters. The van der Waals surface area contributed by atoms with E-state index in [1.165, 1.54) is 0 Å². The van der Waals surface area contributed by atoms with Crippen LogP contribution >= 0.6 is 0 Å². The second-order valence-electron chi connectivity index (χ2n) is 2.30. The fourth-order valence-electron chi connectivity index (χ4n) is 0.772. The van der Waals surface area contributed by atoms with E-state index in [1.54, 1.807) is 6.92 Å². The number of aryl methyl sites for hydroxylation is 1. The number of hydrogen-bond acceptors (Lipinski definition) is 3. The standard InChI is InChI=1S/C6H8F2N2O/c1-3-4-5(6(2,7)8)10-11-9-4/h3H2,1-2H3. The highest BCUT2D eigenvalue weighted by atomic mass is 19.3. The van der Waals surface area contributed by atoms with Gasteiger partial charge in [-0.25, -0.2) is 4.63 Å². The van der Waals surface area contributed by atoms with Crippen LogP contribution < -0.4 is 0 Å². The third-order valence-electron chi connectivity index (χ3n) is 1.31. The summed E-state index contributed by atoms with van der Waals surface area (Å²) in [6, 6.07) is 0. The van der Waals surface area contributed by atoms with E-state index in [0.29, 0.717) is 6.42 Å². The van der Waals surface area contributed by atoms with Crippen LogP contribution in [0.4, 0.5) is 8.78 Å². The molecule has 3 nitrogen and oxygen atoms in total. The Balaban J connectivity index is 3.02. The lowest BCUT2D eigenvalue weighted by Gasteiger charge is -2.04. The van der Waals surface area contributed by atoms with Gasteiger partial charge in [0.15, 0.2) is 5.69 Å². The smallest absolute Gasteiger partial charge is 0.244 e. The average molecular weight is 162 g/mol. The molecular formula is C6H8F2N2O. The van der Waals surface area contributed by atoms with Crippen molar-refractivity contribution in [3.63, 3.8) is 0 Å². The van der Waals surface area contributed by atoms with E-state index in [4.69, 9.17) is 0 Å². The molecular weight excluding hydrogens is 154 g/mol. The van der Waals surface area contributed by atoms with Crippen molar-refractivity contribution in [2.24, 2.45) is 0 Å². The van der Waals surface area contributed by atoms with Gasteiger partial charge in [-0.1, -0.05) is 12.1 Å². The molecule has 0 N–H and O–H groups in total. The molecule has 11 heavy (non-hydrogen) atoms. The summed E-state index contributed by atoms with van der Waals surface area (Å²) in [6.07, 6.45) is 0.405. The maximum atomic E-state index is 12.6. The SMILES string of the molecule is CCc1nonc1C(C)(F)F. The van der Waals surface area contributed by atoms with Gasteiger partial charge >= 0.3 is 0 Å². The van der Waals surface area contributed by atoms with Crippen LogP contribution in [0.2, 0.25) is 0 Å². The molecule has 0 aliphatic rings. The van der Waals surface area contributed by atoms with Gasteiger partial charge in [-0.05, 0) is 11.6 Å². The molecule has 0 bridgehead atoms. The largest absolute Gasteiger partial charge is 0.292 e. The molecule has 1 aromatic rings. The molecule has 1 aromatic heterocycles. The highest BCUT2D eigenvalue weighted by Gasteiger charge is 2.32. The van der Waals surface area contributed by atoms with Crippen molar-refractivity contribution in [1.29, 1.82) is 0 Å². The predicted molar refractivity (Wildman–Crippen MR) is 33.2 cm³/mol. The maximum Gasteiger partial charge on any atom is 0.292 e. The highest BCUT2D eigenvalue weighted by molar-refractivity contribution is 5.12. The second kappa shape index (κ2) is 2.56. The van der Waals surface area contributed by atoms with Crippen molar-refractivity contribution in [2.75, 3.05) is 0 Å². The summed E-state index contributed by atoms with van der Waals surface area (Å²) in [5.41, 5.74) is -0.141. The molecule has 1 heterocycles. The molecule has 1 rings (SSSR count). The normalized spacial score (nSPS) is 12.0. The second-order valence-corrected chi connectivity index (χ2v) is 2.30. The Kier molecular flexibility index (Phi) is 1.89. The zero-order valence-electron chi connectivity index (χ0n) is 6.27. The minimum atomic E-state index is -2.95. The third-order valence-corrected chi connectivity index (χ3v) is 1.31. The molecule has 0 saturated heterocycles. The summed E-state index contributed by atoms with van der Waals surface area (Å²) in [5, 5.41) is 6.46. The Labute approximate surface area is 62.4 Å². The van der Waals surface area contributed by atoms with Crippen LogP contribution in [0, 0.1) is 0 Å². The van der Waals surface area contributed by atoms with E-state index in [0.717, 1.165) is 6.92 Å². The van der Waals surface area contributed by atoms with Crippen LogP contribution in [0.25, 0.3) is 0 Å². The van der Waals surface area contributed by atoms with Gasteiger partial charge in [-0.2, -0.15) is 8.78 Å². The molecule has 0 spiro atoms. The summed E-state index contributed by atoms with van der Waals surface area (Å²) in [4.78, 5) is 0. The highest BCUT2D eigenvalue weighted by Crippen LogP contribution is 2.27. The van der Waals surface area contributed by atoms with Gasteiger partial charge < -0.3 is 0 Å². The molecule has 0 fully saturated rings. The van der Waals surface area contributed by atoms with Crippen molar-refractivity contribution >= 4 is 0 Å². The van der Waals surface area contributed by atoms with Gasteiger partial charge in [0.2, 0.25) is 0 Å². The van der Waals surface area contributed by atoms with E-state index >= 15 is 0 Å². The summed E-state index contributed by atoms with van der Waals surface area (Å²) in [7, 11) is 0. The van der Waals surface area contributed by atoms with Gasteiger partial charge in [0.05, 0.1) is 0 Å². The zero-order valence-corrected chi connectivity index (χ0v) is 6.27. The molecule has 0 unspecified atom stereocenters. The van der Waals surface area contributed by atoms with Crippen molar-refractivity contribution in [2.45, 2.75) is 26.2 Å². The van der Waals surface area contributed by atoms with E-state index in [1.807, 2.05) is 0 Å². The Morgan fingerprint density at radius 3 is 2.45 bits per heavy atom. The van der Waals surface area contributed by atoms with Crippen LogP contribution in [0.15, 0.2) is 4.63 Å². The first-order valence-corrected chi connectivity index (χ1v) is 3.25. The summed E-state index contributed by atoms with van der Waals surface area (Å²) >= 11 is 0. The van der Waals surface area contributed by atoms with E-state index in [2.05, 4.69) is 14.9 Å². The van der Waals surface area contributed by atoms with Crippen molar-refractivity contribution in [3.8, 4) is 0 Å². The minimum Gasteiger partial charge on any atom is -0.244 e. The Hall–Kier alpha value is -1.00. The van der Waals surface area contributed by atoms with Crippen LogP contribution in [0.1, 0.15) is 25.2 Å². The molecule has 62 valence electrons. The molecule has 5 heteroatoms. The number of aromatic nitrogens is 2. The molecule has 0 radical (unpaired) electrons. The first-order valence-electron chi connectivity index (χ1n) is 3.25. The third kappa shape index (κ3) is 1.53. The van der Waals surface area contributed by atoms with Gasteiger partial charge in [0, 0.05) is 6.92 Å². The van der Waals surface area contributed by atoms with E-state index in [-0.39, 0.29) is 11.4 Å². The molecule has 0 aliphatic carbocycles. The first-order chi connectivity index (χ1) is 5.05. The molecule has 0 amide bonds. The van der Waals surface area contributed by atoms with Crippen molar-refractivity contribution < 1.29 is 13.4 Å². The topological polar surface area (TPSA) is 38.9 Å². The maximum absolute atomic E-state index is 12.6. The summed E-state index contributed by atoms with van der Waals surface area (Å²) < 4.78 is 29.3. The number of alkyl halides is 2. The predicted octanol–water partition coefficient (Wildman–Crippen LogP) is 1.74. The van der Waals surface area contributed by atoms with Gasteiger partial charge in [0.25, 0.3) is 5.92 Å². The fraction of sp³-hybridized carbons (Fsp3) is 0.667. The molecule has 0 saturated carbocycles. The van der Waals surface area contributed by atoms with Crippen LogP contribution in [-0.2, 0) is 12.3 Å². The van der Waals surface area contributed by atoms with Crippen molar-refractivity contribution in [1.82, 2.24) is 10.3 Å². The van der Waals surface area contributed by atoms with Gasteiger partial charge in [-0.15, -0.1) is 0 Å². The Bertz CT molecular complexity index is 241. The van der Waals surface area contributed by atoms with Gasteiger partial charge in [0.1, 0.15) is 5.69 Å². The quantitative estimate of drug-likeness (QED) is 0.664. The molecule has 0 aromatic carbocycles. The number of hydrogen-bond donors (Lipinski definition) is 0. The lowest BCUT2D eigenvalue weighted by atomic mass is 10.2. The Morgan fingerprint density at radius 2 is 2.09 bits per heavy atom. The number of rotatable bonds is 2. The average Bonchev–Trinajstić information content (AvgIpc) is 2.31. The van der Waals surface area contributed by atoms with Crippen LogP contribution in [-0.4, -0.2) is 10.3 Å². The zero-order chi connectivity index (χ0) is 8.48. The van der Waals surface area contributed by atoms with Gasteiger partial charge in [-0.3, -0.25) is 0 Å². The monoisotopic (exact) mass is 162 g/mol. The first kappa shape index (κ1) is 8.10. The van der Waals surface area contributed by atoms with Crippen LogP contribution in [0.5, 0.6) is 0 Å². The number of nitrogens with zero attached hydrogens (tertiary/aromatic N) is 2. The summed E-state index contributed by atoms with van der Waals surface area (Å²) in [6.45, 7) is 2.49. The molecule has 0 aliphatic heterocycles. The minimum absolute atomic E-state index is 0.220. The number of halogens is 2. The fourth-order valence-corrected chi connectivity index (χ4v) is 0.772. The van der Waals surface area contributed by atoms with Crippen LogP contribution in [0.3, 0.4) is 0 Å².